The molecule has 1 heterocycles. The highest BCUT2D eigenvalue weighted by Crippen LogP contribution is 2.24. The molecule has 72 valence electrons. The van der Waals surface area contributed by atoms with Gasteiger partial charge in [0, 0.05) is 5.41 Å². The number of hydrogen-bond acceptors (Lipinski definition) is 2. The van der Waals surface area contributed by atoms with Gasteiger partial charge in [0.05, 0.1) is 6.54 Å². The first kappa shape index (κ1) is 11.5. The van der Waals surface area contributed by atoms with Crippen LogP contribution in [0.1, 0.15) is 41.0 Å². The second-order valence-corrected chi connectivity index (χ2v) is 3.27. The summed E-state index contributed by atoms with van der Waals surface area (Å²) >= 11 is 0. The van der Waals surface area contributed by atoms with Crippen molar-refractivity contribution in [2.75, 3.05) is 13.2 Å². The number of aliphatic imine (C=N–C) groups is 1. The normalized spacial score (nSPS) is 15.9. The van der Waals surface area contributed by atoms with Crippen LogP contribution in [0.5, 0.6) is 0 Å². The molecule has 12 heavy (non-hydrogen) atoms. The average molecular weight is 171 g/mol. The van der Waals surface area contributed by atoms with Crippen molar-refractivity contribution in [1.29, 1.82) is 0 Å². The van der Waals surface area contributed by atoms with Crippen molar-refractivity contribution < 1.29 is 4.74 Å². The zero-order chi connectivity index (χ0) is 9.61. The van der Waals surface area contributed by atoms with Crippen LogP contribution in [0.2, 0.25) is 0 Å². The molecule has 0 aliphatic carbocycles. The lowest BCUT2D eigenvalue weighted by Crippen LogP contribution is -2.23. The van der Waals surface area contributed by atoms with Crippen molar-refractivity contribution in [1.82, 2.24) is 0 Å². The Bertz CT molecular complexity index is 150. The van der Waals surface area contributed by atoms with Gasteiger partial charge in [-0.1, -0.05) is 34.6 Å². The molecule has 1 aliphatic heterocycles. The summed E-state index contributed by atoms with van der Waals surface area (Å²) in [6.07, 6.45) is 1.09. The van der Waals surface area contributed by atoms with E-state index in [2.05, 4.69) is 25.8 Å². The molecule has 0 saturated carbocycles. The van der Waals surface area contributed by atoms with E-state index in [1.165, 1.54) is 0 Å². The molecule has 0 atom stereocenters. The van der Waals surface area contributed by atoms with Crippen LogP contribution in [0.3, 0.4) is 0 Å². The molecule has 1 rings (SSSR count). The molecular weight excluding hydrogens is 150 g/mol. The van der Waals surface area contributed by atoms with E-state index in [0.29, 0.717) is 0 Å². The first-order chi connectivity index (χ1) is 5.67. The van der Waals surface area contributed by atoms with E-state index < -0.39 is 0 Å². The maximum absolute atomic E-state index is 5.36. The summed E-state index contributed by atoms with van der Waals surface area (Å²) < 4.78 is 5.36. The van der Waals surface area contributed by atoms with E-state index in [9.17, 15) is 0 Å². The highest BCUT2D eigenvalue weighted by Gasteiger charge is 2.26. The van der Waals surface area contributed by atoms with Gasteiger partial charge in [-0.15, -0.1) is 0 Å². The summed E-state index contributed by atoms with van der Waals surface area (Å²) in [4.78, 5) is 4.27. The van der Waals surface area contributed by atoms with Crippen molar-refractivity contribution in [3.05, 3.63) is 0 Å². The first-order valence-corrected chi connectivity index (χ1v) is 4.84. The third-order valence-corrected chi connectivity index (χ3v) is 2.05. The second kappa shape index (κ2) is 5.18. The SMILES string of the molecule is CC.CCC(C)(C)C1=NCCO1. The molecule has 0 bridgehead atoms. The molecule has 0 saturated heterocycles. The Labute approximate surface area is 76.0 Å². The van der Waals surface area contributed by atoms with Crippen molar-refractivity contribution in [2.45, 2.75) is 41.0 Å². The van der Waals surface area contributed by atoms with Gasteiger partial charge in [-0.25, -0.2) is 0 Å². The van der Waals surface area contributed by atoms with E-state index in [-0.39, 0.29) is 5.41 Å². The fourth-order valence-corrected chi connectivity index (χ4v) is 0.896. The maximum Gasteiger partial charge on any atom is 0.189 e. The minimum atomic E-state index is 0.149. The highest BCUT2D eigenvalue weighted by atomic mass is 16.5. The molecule has 0 aromatic heterocycles. The third kappa shape index (κ3) is 2.84. The number of ether oxygens (including phenoxy) is 1. The molecular formula is C10H21NO. The molecule has 0 spiro atoms. The van der Waals surface area contributed by atoms with Gasteiger partial charge < -0.3 is 4.74 Å². The lowest BCUT2D eigenvalue weighted by atomic mass is 9.90. The Morgan fingerprint density at radius 1 is 1.42 bits per heavy atom. The zero-order valence-corrected chi connectivity index (χ0v) is 8.98. The van der Waals surface area contributed by atoms with E-state index >= 15 is 0 Å². The van der Waals surface area contributed by atoms with Crippen LogP contribution in [0, 0.1) is 5.41 Å². The van der Waals surface area contributed by atoms with Crippen LogP contribution in [-0.4, -0.2) is 19.0 Å². The van der Waals surface area contributed by atoms with Gasteiger partial charge in [-0.3, -0.25) is 4.99 Å². The predicted molar refractivity (Wildman–Crippen MR) is 53.7 cm³/mol. The van der Waals surface area contributed by atoms with Gasteiger partial charge in [0.2, 0.25) is 0 Å². The fourth-order valence-electron chi connectivity index (χ4n) is 0.896. The lowest BCUT2D eigenvalue weighted by molar-refractivity contribution is 0.290. The molecule has 0 amide bonds. The molecule has 0 radical (unpaired) electrons. The summed E-state index contributed by atoms with van der Waals surface area (Å²) in [6, 6.07) is 0. The highest BCUT2D eigenvalue weighted by molar-refractivity contribution is 5.82. The van der Waals surface area contributed by atoms with Crippen LogP contribution in [0.15, 0.2) is 4.99 Å². The van der Waals surface area contributed by atoms with Crippen LogP contribution in [-0.2, 0) is 4.74 Å². The van der Waals surface area contributed by atoms with Gasteiger partial charge in [-0.05, 0) is 6.42 Å². The van der Waals surface area contributed by atoms with Gasteiger partial charge in [-0.2, -0.15) is 0 Å². The predicted octanol–water partition coefficient (Wildman–Crippen LogP) is 2.88. The van der Waals surface area contributed by atoms with Crippen molar-refractivity contribution in [3.8, 4) is 0 Å². The fraction of sp³-hybridized carbons (Fsp3) is 0.900. The molecule has 0 aromatic rings. The summed E-state index contributed by atoms with van der Waals surface area (Å²) in [5.41, 5.74) is 0.149. The van der Waals surface area contributed by atoms with Crippen LogP contribution >= 0.6 is 0 Å². The Kier molecular flexibility index (Phi) is 4.95. The molecule has 0 N–H and O–H groups in total. The zero-order valence-electron chi connectivity index (χ0n) is 8.98. The second-order valence-electron chi connectivity index (χ2n) is 3.27. The summed E-state index contributed by atoms with van der Waals surface area (Å²) in [5.74, 6) is 0.940. The molecule has 0 fully saturated rings. The van der Waals surface area contributed by atoms with Crippen molar-refractivity contribution in [2.24, 2.45) is 10.4 Å². The summed E-state index contributed by atoms with van der Waals surface area (Å²) in [5, 5.41) is 0. The Morgan fingerprint density at radius 3 is 2.33 bits per heavy atom. The topological polar surface area (TPSA) is 21.6 Å². The lowest BCUT2D eigenvalue weighted by Gasteiger charge is -2.21. The van der Waals surface area contributed by atoms with Gasteiger partial charge in [0.25, 0.3) is 0 Å². The largest absolute Gasteiger partial charge is 0.479 e. The van der Waals surface area contributed by atoms with Gasteiger partial charge in [0.15, 0.2) is 5.90 Å². The number of nitrogens with zero attached hydrogens (tertiary/aromatic N) is 1. The number of hydrogen-bond donors (Lipinski definition) is 0. The Morgan fingerprint density at radius 2 is 2.00 bits per heavy atom. The minimum Gasteiger partial charge on any atom is -0.479 e. The van der Waals surface area contributed by atoms with Gasteiger partial charge >= 0.3 is 0 Å². The third-order valence-electron chi connectivity index (χ3n) is 2.05. The quantitative estimate of drug-likeness (QED) is 0.626. The van der Waals surface area contributed by atoms with Crippen LogP contribution in [0.4, 0.5) is 0 Å². The molecule has 2 heteroatoms. The molecule has 0 aromatic carbocycles. The van der Waals surface area contributed by atoms with Crippen molar-refractivity contribution >= 4 is 5.90 Å². The Balaban J connectivity index is 0.000000561. The van der Waals surface area contributed by atoms with E-state index in [1.54, 1.807) is 0 Å². The minimum absolute atomic E-state index is 0.149. The monoisotopic (exact) mass is 171 g/mol. The van der Waals surface area contributed by atoms with Crippen LogP contribution < -0.4 is 0 Å². The molecule has 1 aliphatic rings. The molecule has 0 unspecified atom stereocenters. The average Bonchev–Trinajstić information content (AvgIpc) is 2.61. The van der Waals surface area contributed by atoms with Gasteiger partial charge in [0.1, 0.15) is 6.61 Å². The molecule has 2 nitrogen and oxygen atoms in total. The Hall–Kier alpha value is -0.530. The van der Waals surface area contributed by atoms with E-state index in [1.807, 2.05) is 13.8 Å². The number of rotatable bonds is 2. The van der Waals surface area contributed by atoms with Crippen molar-refractivity contribution in [3.63, 3.8) is 0 Å². The summed E-state index contributed by atoms with van der Waals surface area (Å²) in [6.45, 7) is 12.1. The smallest absolute Gasteiger partial charge is 0.189 e. The van der Waals surface area contributed by atoms with Crippen LogP contribution in [0.25, 0.3) is 0 Å². The van der Waals surface area contributed by atoms with E-state index in [4.69, 9.17) is 4.74 Å². The standard InChI is InChI=1S/C8H15NO.C2H6/c1-4-8(2,3)7-9-5-6-10-7;1-2/h4-6H2,1-3H3;1-2H3. The maximum atomic E-state index is 5.36. The first-order valence-electron chi connectivity index (χ1n) is 4.84. The van der Waals surface area contributed by atoms with E-state index in [0.717, 1.165) is 25.5 Å². The summed E-state index contributed by atoms with van der Waals surface area (Å²) in [7, 11) is 0.